The van der Waals surface area contributed by atoms with E-state index >= 15 is 0 Å². The molecule has 0 atom stereocenters. The third kappa shape index (κ3) is 2.02. The van der Waals surface area contributed by atoms with Gasteiger partial charge in [-0.3, -0.25) is 4.79 Å². The Balaban J connectivity index is 2.78. The summed E-state index contributed by atoms with van der Waals surface area (Å²) in [7, 11) is 0. The van der Waals surface area contributed by atoms with E-state index < -0.39 is 5.95 Å². The lowest BCUT2D eigenvalue weighted by molar-refractivity contribution is -0.109. The minimum Gasteiger partial charge on any atom is -0.484 e. The van der Waals surface area contributed by atoms with Crippen molar-refractivity contribution in [2.45, 2.75) is 6.92 Å². The fourth-order valence-corrected chi connectivity index (χ4v) is 0.794. The summed E-state index contributed by atoms with van der Waals surface area (Å²) in [6.07, 6.45) is 0.628. The lowest BCUT2D eigenvalue weighted by Gasteiger charge is -2.03. The molecule has 0 saturated heterocycles. The van der Waals surface area contributed by atoms with Crippen molar-refractivity contribution < 1.29 is 13.9 Å². The highest BCUT2D eigenvalue weighted by Crippen LogP contribution is 2.14. The van der Waals surface area contributed by atoms with Crippen molar-refractivity contribution in [1.29, 1.82) is 0 Å². The third-order valence-electron chi connectivity index (χ3n) is 1.31. The van der Waals surface area contributed by atoms with Gasteiger partial charge < -0.3 is 4.74 Å². The topological polar surface area (TPSA) is 39.2 Å². The fourth-order valence-electron chi connectivity index (χ4n) is 0.794. The van der Waals surface area contributed by atoms with Crippen LogP contribution in [0.2, 0.25) is 0 Å². The summed E-state index contributed by atoms with van der Waals surface area (Å²) < 4.78 is 17.4. The molecular formula is C8H8FNO2. The Bertz CT molecular complexity index is 288. The molecule has 0 amide bonds. The summed E-state index contributed by atoms with van der Waals surface area (Å²) >= 11 is 0. The van der Waals surface area contributed by atoms with Crippen LogP contribution in [0.1, 0.15) is 5.69 Å². The molecule has 0 radical (unpaired) electrons. The van der Waals surface area contributed by atoms with Crippen LogP contribution >= 0.6 is 0 Å². The molecule has 4 heteroatoms. The molecule has 0 saturated carbocycles. The first-order valence-corrected chi connectivity index (χ1v) is 3.43. The van der Waals surface area contributed by atoms with Gasteiger partial charge in [0.15, 0.2) is 6.29 Å². The molecular weight excluding hydrogens is 161 g/mol. The molecule has 0 aliphatic heterocycles. The highest BCUT2D eigenvalue weighted by Gasteiger charge is 2.00. The molecule has 0 spiro atoms. The number of carbonyl (C=O) groups excluding carboxylic acids is 1. The van der Waals surface area contributed by atoms with E-state index in [1.165, 1.54) is 12.1 Å². The van der Waals surface area contributed by atoms with Gasteiger partial charge in [-0.25, -0.2) is 4.98 Å². The van der Waals surface area contributed by atoms with Crippen molar-refractivity contribution in [3.63, 3.8) is 0 Å². The predicted octanol–water partition coefficient (Wildman–Crippen LogP) is 1.11. The summed E-state index contributed by atoms with van der Waals surface area (Å²) in [6, 6.07) is 2.63. The van der Waals surface area contributed by atoms with E-state index in [1.54, 1.807) is 6.92 Å². The SMILES string of the molecule is Cc1nc(F)ccc1OCC=O. The van der Waals surface area contributed by atoms with Crippen LogP contribution in [0.15, 0.2) is 12.1 Å². The zero-order chi connectivity index (χ0) is 8.97. The number of ether oxygens (including phenoxy) is 1. The van der Waals surface area contributed by atoms with Gasteiger partial charge in [0.05, 0.1) is 5.69 Å². The zero-order valence-electron chi connectivity index (χ0n) is 6.58. The van der Waals surface area contributed by atoms with E-state index in [1.807, 2.05) is 0 Å². The summed E-state index contributed by atoms with van der Waals surface area (Å²) in [5, 5.41) is 0. The smallest absolute Gasteiger partial charge is 0.213 e. The van der Waals surface area contributed by atoms with E-state index in [2.05, 4.69) is 4.98 Å². The second kappa shape index (κ2) is 3.80. The summed E-state index contributed by atoms with van der Waals surface area (Å²) in [6.45, 7) is 1.58. The van der Waals surface area contributed by atoms with Crippen molar-refractivity contribution >= 4 is 6.29 Å². The van der Waals surface area contributed by atoms with Crippen LogP contribution in [0.4, 0.5) is 4.39 Å². The molecule has 0 aromatic carbocycles. The molecule has 0 aliphatic rings. The van der Waals surface area contributed by atoms with Crippen LogP contribution < -0.4 is 4.74 Å². The molecule has 3 nitrogen and oxygen atoms in total. The molecule has 0 unspecified atom stereocenters. The largest absolute Gasteiger partial charge is 0.484 e. The van der Waals surface area contributed by atoms with Gasteiger partial charge in [-0.15, -0.1) is 0 Å². The minimum absolute atomic E-state index is 0.0336. The Kier molecular flexibility index (Phi) is 2.74. The first-order chi connectivity index (χ1) is 5.74. The van der Waals surface area contributed by atoms with Crippen LogP contribution in [0.25, 0.3) is 0 Å². The number of hydrogen-bond acceptors (Lipinski definition) is 3. The average molecular weight is 169 g/mol. The van der Waals surface area contributed by atoms with E-state index in [-0.39, 0.29) is 6.61 Å². The highest BCUT2D eigenvalue weighted by molar-refractivity contribution is 5.51. The van der Waals surface area contributed by atoms with Gasteiger partial charge in [0.2, 0.25) is 5.95 Å². The molecule has 0 fully saturated rings. The number of pyridine rings is 1. The molecule has 1 rings (SSSR count). The van der Waals surface area contributed by atoms with Crippen LogP contribution in [0, 0.1) is 12.9 Å². The normalized spacial score (nSPS) is 9.50. The molecule has 64 valence electrons. The van der Waals surface area contributed by atoms with Crippen molar-refractivity contribution in [2.75, 3.05) is 6.61 Å². The number of aryl methyl sites for hydroxylation is 1. The highest BCUT2D eigenvalue weighted by atomic mass is 19.1. The first kappa shape index (κ1) is 8.64. The summed E-state index contributed by atoms with van der Waals surface area (Å²) in [4.78, 5) is 13.5. The maximum absolute atomic E-state index is 12.4. The molecule has 0 bridgehead atoms. The van der Waals surface area contributed by atoms with Gasteiger partial charge in [0.25, 0.3) is 0 Å². The van der Waals surface area contributed by atoms with E-state index in [0.29, 0.717) is 17.7 Å². The number of nitrogens with zero attached hydrogens (tertiary/aromatic N) is 1. The van der Waals surface area contributed by atoms with Crippen LogP contribution in [0.3, 0.4) is 0 Å². The maximum Gasteiger partial charge on any atom is 0.213 e. The van der Waals surface area contributed by atoms with E-state index in [0.717, 1.165) is 0 Å². The maximum atomic E-state index is 12.4. The number of carbonyl (C=O) groups is 1. The molecule has 1 aromatic rings. The third-order valence-corrected chi connectivity index (χ3v) is 1.31. The number of rotatable bonds is 3. The predicted molar refractivity (Wildman–Crippen MR) is 40.5 cm³/mol. The van der Waals surface area contributed by atoms with Crippen molar-refractivity contribution in [1.82, 2.24) is 4.98 Å². The van der Waals surface area contributed by atoms with Crippen LogP contribution in [-0.2, 0) is 4.79 Å². The molecule has 1 heterocycles. The Hall–Kier alpha value is -1.45. The number of halogens is 1. The minimum atomic E-state index is -0.550. The standard InChI is InChI=1S/C8H8FNO2/c1-6-7(12-5-4-11)2-3-8(9)10-6/h2-4H,5H2,1H3. The molecule has 1 aromatic heterocycles. The van der Waals surface area contributed by atoms with Gasteiger partial charge in [0.1, 0.15) is 12.4 Å². The molecule has 12 heavy (non-hydrogen) atoms. The number of aromatic nitrogens is 1. The fraction of sp³-hybridized carbons (Fsp3) is 0.250. The lowest BCUT2D eigenvalue weighted by Crippen LogP contribution is -2.00. The Labute approximate surface area is 69.2 Å². The Morgan fingerprint density at radius 3 is 3.00 bits per heavy atom. The second-order valence-electron chi connectivity index (χ2n) is 2.20. The Morgan fingerprint density at radius 2 is 2.42 bits per heavy atom. The second-order valence-corrected chi connectivity index (χ2v) is 2.20. The van der Waals surface area contributed by atoms with Gasteiger partial charge in [0, 0.05) is 0 Å². The average Bonchev–Trinajstić information content (AvgIpc) is 2.03. The molecule has 0 N–H and O–H groups in total. The van der Waals surface area contributed by atoms with Crippen molar-refractivity contribution in [2.24, 2.45) is 0 Å². The lowest BCUT2D eigenvalue weighted by atomic mass is 10.3. The van der Waals surface area contributed by atoms with Crippen molar-refractivity contribution in [3.8, 4) is 5.75 Å². The Morgan fingerprint density at radius 1 is 1.67 bits per heavy atom. The van der Waals surface area contributed by atoms with Crippen LogP contribution in [0.5, 0.6) is 5.75 Å². The van der Waals surface area contributed by atoms with Gasteiger partial charge >= 0.3 is 0 Å². The zero-order valence-corrected chi connectivity index (χ0v) is 6.58. The van der Waals surface area contributed by atoms with E-state index in [9.17, 15) is 9.18 Å². The molecule has 0 aliphatic carbocycles. The number of hydrogen-bond donors (Lipinski definition) is 0. The summed E-state index contributed by atoms with van der Waals surface area (Å²) in [5.74, 6) is -0.116. The van der Waals surface area contributed by atoms with Gasteiger partial charge in [-0.05, 0) is 19.1 Å². The number of aldehydes is 1. The van der Waals surface area contributed by atoms with Crippen molar-refractivity contribution in [3.05, 3.63) is 23.8 Å². The first-order valence-electron chi connectivity index (χ1n) is 3.43. The van der Waals surface area contributed by atoms with Gasteiger partial charge in [-0.1, -0.05) is 0 Å². The summed E-state index contributed by atoms with van der Waals surface area (Å²) in [5.41, 5.74) is 0.442. The monoisotopic (exact) mass is 169 g/mol. The van der Waals surface area contributed by atoms with E-state index in [4.69, 9.17) is 4.74 Å². The van der Waals surface area contributed by atoms with Gasteiger partial charge in [-0.2, -0.15) is 4.39 Å². The quantitative estimate of drug-likeness (QED) is 0.502. The van der Waals surface area contributed by atoms with Crippen LogP contribution in [-0.4, -0.2) is 17.9 Å².